The average molecular weight is 296 g/mol. The van der Waals surface area contributed by atoms with Crippen LogP contribution in [-0.4, -0.2) is 15.9 Å². The topological polar surface area (TPSA) is 54.9 Å². The maximum atomic E-state index is 11.9. The normalized spacial score (nSPS) is 13.3. The molecule has 0 aliphatic heterocycles. The van der Waals surface area contributed by atoms with Crippen molar-refractivity contribution in [3.8, 4) is 0 Å². The molecule has 0 bridgehead atoms. The lowest BCUT2D eigenvalue weighted by molar-refractivity contribution is 0.102. The summed E-state index contributed by atoms with van der Waals surface area (Å²) in [6.45, 7) is 0. The Balaban J connectivity index is 0.00000133. The van der Waals surface area contributed by atoms with Gasteiger partial charge >= 0.3 is 0 Å². The van der Waals surface area contributed by atoms with Crippen LogP contribution in [-0.2, 0) is 12.8 Å². The Kier molecular flexibility index (Phi) is 4.50. The van der Waals surface area contributed by atoms with E-state index >= 15 is 0 Å². The Morgan fingerprint density at radius 1 is 1.32 bits per heavy atom. The molecule has 0 spiro atoms. The summed E-state index contributed by atoms with van der Waals surface area (Å²) in [4.78, 5) is 21.7. The van der Waals surface area contributed by atoms with Gasteiger partial charge in [0.2, 0.25) is 0 Å². The number of carbonyl (C=O) groups excluding carboxylic acids is 1. The fourth-order valence-electron chi connectivity index (χ4n) is 2.07. The molecule has 2 aromatic rings. The fraction of sp³-hybridized carbons (Fsp3) is 0.308. The van der Waals surface area contributed by atoms with E-state index in [0.717, 1.165) is 18.5 Å². The van der Waals surface area contributed by atoms with E-state index in [1.807, 2.05) is 0 Å². The van der Waals surface area contributed by atoms with Crippen molar-refractivity contribution in [3.63, 3.8) is 0 Å². The van der Waals surface area contributed by atoms with Gasteiger partial charge in [0.05, 0.1) is 11.3 Å². The Morgan fingerprint density at radius 2 is 2.16 bits per heavy atom. The summed E-state index contributed by atoms with van der Waals surface area (Å²) in [5.41, 5.74) is 1.72. The van der Waals surface area contributed by atoms with Crippen molar-refractivity contribution in [3.05, 3.63) is 40.7 Å². The van der Waals surface area contributed by atoms with E-state index in [2.05, 4.69) is 15.3 Å². The second-order valence-corrected chi connectivity index (χ2v) is 5.38. The zero-order chi connectivity index (χ0) is 12.4. The smallest absolute Gasteiger partial charge is 0.259 e. The van der Waals surface area contributed by atoms with Gasteiger partial charge < -0.3 is 0 Å². The number of thiazole rings is 1. The second-order valence-electron chi connectivity index (χ2n) is 4.29. The quantitative estimate of drug-likeness (QED) is 0.926. The molecule has 0 fully saturated rings. The van der Waals surface area contributed by atoms with Gasteiger partial charge in [0.15, 0.2) is 5.13 Å². The van der Waals surface area contributed by atoms with E-state index < -0.39 is 0 Å². The average Bonchev–Trinajstić information content (AvgIpc) is 2.82. The van der Waals surface area contributed by atoms with Crippen LogP contribution in [0.25, 0.3) is 0 Å². The third kappa shape index (κ3) is 3.11. The van der Waals surface area contributed by atoms with Crippen LogP contribution in [0.4, 0.5) is 5.13 Å². The molecule has 0 atom stereocenters. The maximum absolute atomic E-state index is 11.9. The minimum atomic E-state index is -0.144. The number of carbonyl (C=O) groups is 1. The highest BCUT2D eigenvalue weighted by atomic mass is 35.5. The van der Waals surface area contributed by atoms with E-state index in [1.54, 1.807) is 35.9 Å². The van der Waals surface area contributed by atoms with Gasteiger partial charge in [0.1, 0.15) is 0 Å². The number of fused-ring (bicyclic) bond motifs is 1. The van der Waals surface area contributed by atoms with Gasteiger partial charge in [-0.05, 0) is 37.8 Å². The molecular formula is C13H14ClN3OS. The van der Waals surface area contributed by atoms with E-state index in [9.17, 15) is 4.79 Å². The number of nitrogens with one attached hydrogen (secondary N) is 1. The molecule has 1 aliphatic rings. The molecule has 4 nitrogen and oxygen atoms in total. The molecular weight excluding hydrogens is 282 g/mol. The van der Waals surface area contributed by atoms with Crippen molar-refractivity contribution in [2.24, 2.45) is 0 Å². The molecule has 0 saturated carbocycles. The van der Waals surface area contributed by atoms with E-state index in [-0.39, 0.29) is 18.3 Å². The molecule has 100 valence electrons. The number of hydrogen-bond acceptors (Lipinski definition) is 4. The number of pyridine rings is 1. The fourth-order valence-corrected chi connectivity index (χ4v) is 3.12. The van der Waals surface area contributed by atoms with Crippen molar-refractivity contribution >= 4 is 34.8 Å². The van der Waals surface area contributed by atoms with Crippen LogP contribution in [0.2, 0.25) is 0 Å². The number of nitrogens with zero attached hydrogens (tertiary/aromatic N) is 2. The van der Waals surface area contributed by atoms with Crippen LogP contribution in [0.1, 0.15) is 33.8 Å². The molecule has 6 heteroatoms. The second kappa shape index (κ2) is 6.12. The molecule has 19 heavy (non-hydrogen) atoms. The van der Waals surface area contributed by atoms with Crippen LogP contribution in [0.15, 0.2) is 24.5 Å². The largest absolute Gasteiger partial charge is 0.298 e. The number of amides is 1. The van der Waals surface area contributed by atoms with Gasteiger partial charge in [0, 0.05) is 17.3 Å². The predicted molar refractivity (Wildman–Crippen MR) is 78.2 cm³/mol. The van der Waals surface area contributed by atoms with Gasteiger partial charge in [-0.25, -0.2) is 4.98 Å². The monoisotopic (exact) mass is 295 g/mol. The lowest BCUT2D eigenvalue weighted by atomic mass is 10.0. The summed E-state index contributed by atoms with van der Waals surface area (Å²) >= 11 is 1.59. The van der Waals surface area contributed by atoms with Crippen LogP contribution in [0.5, 0.6) is 0 Å². The SMILES string of the molecule is Cl.O=C(Nc1nc2c(s1)CCCC2)c1cccnc1. The highest BCUT2D eigenvalue weighted by molar-refractivity contribution is 7.15. The summed E-state index contributed by atoms with van der Waals surface area (Å²) < 4.78 is 0. The summed E-state index contributed by atoms with van der Waals surface area (Å²) in [6.07, 6.45) is 7.77. The van der Waals surface area contributed by atoms with Gasteiger partial charge in [-0.1, -0.05) is 0 Å². The summed E-state index contributed by atoms with van der Waals surface area (Å²) in [5, 5.41) is 3.55. The van der Waals surface area contributed by atoms with Crippen molar-refractivity contribution in [1.82, 2.24) is 9.97 Å². The molecule has 0 saturated heterocycles. The summed E-state index contributed by atoms with van der Waals surface area (Å²) in [7, 11) is 0. The molecule has 2 aromatic heterocycles. The Bertz CT molecular complexity index is 547. The molecule has 2 heterocycles. The van der Waals surface area contributed by atoms with Crippen LogP contribution >= 0.6 is 23.7 Å². The Morgan fingerprint density at radius 3 is 2.89 bits per heavy atom. The number of hydrogen-bond donors (Lipinski definition) is 1. The molecule has 3 rings (SSSR count). The minimum Gasteiger partial charge on any atom is -0.298 e. The zero-order valence-corrected chi connectivity index (χ0v) is 11.9. The molecule has 1 N–H and O–H groups in total. The predicted octanol–water partition coefficient (Wildman–Crippen LogP) is 3.09. The molecule has 0 aromatic carbocycles. The zero-order valence-electron chi connectivity index (χ0n) is 10.3. The van der Waals surface area contributed by atoms with Crippen LogP contribution in [0.3, 0.4) is 0 Å². The van der Waals surface area contributed by atoms with E-state index in [1.165, 1.54) is 17.7 Å². The summed E-state index contributed by atoms with van der Waals surface area (Å²) in [5.74, 6) is -0.144. The van der Waals surface area contributed by atoms with E-state index in [4.69, 9.17) is 0 Å². The Labute approximate surface area is 121 Å². The maximum Gasteiger partial charge on any atom is 0.259 e. The molecule has 0 radical (unpaired) electrons. The van der Waals surface area contributed by atoms with Crippen molar-refractivity contribution < 1.29 is 4.79 Å². The third-order valence-corrected chi connectivity index (χ3v) is 4.06. The van der Waals surface area contributed by atoms with Crippen molar-refractivity contribution in [1.29, 1.82) is 0 Å². The standard InChI is InChI=1S/C13H13N3OS.ClH/c17-12(9-4-3-7-14-8-9)16-13-15-10-5-1-2-6-11(10)18-13;/h3-4,7-8H,1-2,5-6H2,(H,15,16,17);1H. The Hall–Kier alpha value is -1.46. The first-order valence-corrected chi connectivity index (χ1v) is 6.84. The van der Waals surface area contributed by atoms with Gasteiger partial charge in [-0.3, -0.25) is 15.1 Å². The number of aromatic nitrogens is 2. The molecule has 0 unspecified atom stereocenters. The highest BCUT2D eigenvalue weighted by Crippen LogP contribution is 2.29. The van der Waals surface area contributed by atoms with Crippen LogP contribution in [0, 0.1) is 0 Å². The van der Waals surface area contributed by atoms with Gasteiger partial charge in [0.25, 0.3) is 5.91 Å². The lowest BCUT2D eigenvalue weighted by Crippen LogP contribution is -2.11. The number of anilines is 1. The first-order chi connectivity index (χ1) is 8.83. The number of aryl methyl sites for hydroxylation is 2. The van der Waals surface area contributed by atoms with Crippen molar-refractivity contribution in [2.75, 3.05) is 5.32 Å². The lowest BCUT2D eigenvalue weighted by Gasteiger charge is -2.06. The molecule has 1 amide bonds. The van der Waals surface area contributed by atoms with Crippen molar-refractivity contribution in [2.45, 2.75) is 25.7 Å². The molecule has 1 aliphatic carbocycles. The summed E-state index contributed by atoms with van der Waals surface area (Å²) in [6, 6.07) is 3.50. The number of rotatable bonds is 2. The van der Waals surface area contributed by atoms with Gasteiger partial charge in [-0.2, -0.15) is 0 Å². The van der Waals surface area contributed by atoms with Crippen LogP contribution < -0.4 is 5.32 Å². The highest BCUT2D eigenvalue weighted by Gasteiger charge is 2.16. The number of halogens is 1. The first-order valence-electron chi connectivity index (χ1n) is 6.03. The minimum absolute atomic E-state index is 0. The first kappa shape index (κ1) is 14.0. The van der Waals surface area contributed by atoms with Gasteiger partial charge in [-0.15, -0.1) is 23.7 Å². The van der Waals surface area contributed by atoms with E-state index in [0.29, 0.717) is 10.7 Å². The third-order valence-electron chi connectivity index (χ3n) is 2.99.